The van der Waals surface area contributed by atoms with Crippen LogP contribution in [0, 0.1) is 19.7 Å². The van der Waals surface area contributed by atoms with E-state index >= 15 is 0 Å². The van der Waals surface area contributed by atoms with Crippen molar-refractivity contribution in [2.45, 2.75) is 19.9 Å². The van der Waals surface area contributed by atoms with Crippen molar-refractivity contribution in [2.24, 2.45) is 5.73 Å². The summed E-state index contributed by atoms with van der Waals surface area (Å²) in [7, 11) is 1.61. The summed E-state index contributed by atoms with van der Waals surface area (Å²) in [4.78, 5) is 0. The first-order valence-corrected chi connectivity index (χ1v) is 6.67. The highest BCUT2D eigenvalue weighted by atomic mass is 35.5. The third kappa shape index (κ3) is 2.79. The maximum atomic E-state index is 13.1. The van der Waals surface area contributed by atoms with Crippen LogP contribution >= 0.6 is 11.6 Å². The van der Waals surface area contributed by atoms with Gasteiger partial charge in [-0.2, -0.15) is 0 Å². The summed E-state index contributed by atoms with van der Waals surface area (Å²) in [5, 5.41) is 0.319. The number of nitrogens with two attached hydrogens (primary N) is 1. The second-order valence-electron chi connectivity index (χ2n) is 4.84. The van der Waals surface area contributed by atoms with Gasteiger partial charge in [0.1, 0.15) is 11.6 Å². The molecule has 0 fully saturated rings. The highest BCUT2D eigenvalue weighted by molar-refractivity contribution is 6.31. The van der Waals surface area contributed by atoms with Crippen molar-refractivity contribution in [1.29, 1.82) is 0 Å². The minimum Gasteiger partial charge on any atom is -0.496 e. The molecule has 0 aliphatic carbocycles. The predicted octanol–water partition coefficient (Wildman–Crippen LogP) is 4.15. The molecule has 0 spiro atoms. The average molecular weight is 294 g/mol. The van der Waals surface area contributed by atoms with Gasteiger partial charge in [-0.1, -0.05) is 23.7 Å². The lowest BCUT2D eigenvalue weighted by molar-refractivity contribution is 0.407. The molecule has 0 aliphatic rings. The monoisotopic (exact) mass is 293 g/mol. The summed E-state index contributed by atoms with van der Waals surface area (Å²) < 4.78 is 18.6. The van der Waals surface area contributed by atoms with E-state index in [1.807, 2.05) is 26.0 Å². The van der Waals surface area contributed by atoms with Gasteiger partial charge in [0.15, 0.2) is 0 Å². The number of halogens is 2. The fraction of sp³-hybridized carbons (Fsp3) is 0.250. The Morgan fingerprint density at radius 3 is 2.50 bits per heavy atom. The standard InChI is InChI=1S/C16H17ClFNO/c1-9-6-10(2)15(14(7-9)20-3)16(19)12-5-4-11(18)8-13(12)17/h4-8,16H,19H2,1-3H3. The number of methoxy groups -OCH3 is 1. The van der Waals surface area contributed by atoms with E-state index in [1.54, 1.807) is 13.2 Å². The van der Waals surface area contributed by atoms with Crippen LogP contribution < -0.4 is 10.5 Å². The number of benzene rings is 2. The Labute approximate surface area is 123 Å². The SMILES string of the molecule is COc1cc(C)cc(C)c1C(N)c1ccc(F)cc1Cl. The van der Waals surface area contributed by atoms with Gasteiger partial charge in [-0.05, 0) is 48.7 Å². The lowest BCUT2D eigenvalue weighted by Crippen LogP contribution is -2.15. The molecule has 106 valence electrons. The molecule has 2 aromatic rings. The summed E-state index contributed by atoms with van der Waals surface area (Å²) in [5.41, 5.74) is 9.97. The summed E-state index contributed by atoms with van der Waals surface area (Å²) in [6.45, 7) is 3.97. The van der Waals surface area contributed by atoms with Gasteiger partial charge in [0.05, 0.1) is 13.2 Å². The third-order valence-electron chi connectivity index (χ3n) is 3.32. The van der Waals surface area contributed by atoms with Gasteiger partial charge >= 0.3 is 0 Å². The van der Waals surface area contributed by atoms with Crippen molar-refractivity contribution in [2.75, 3.05) is 7.11 Å². The van der Waals surface area contributed by atoms with Crippen molar-refractivity contribution < 1.29 is 9.13 Å². The van der Waals surface area contributed by atoms with E-state index in [0.717, 1.165) is 22.4 Å². The molecular formula is C16H17ClFNO. The van der Waals surface area contributed by atoms with Gasteiger partial charge in [-0.25, -0.2) is 4.39 Å². The first-order valence-electron chi connectivity index (χ1n) is 6.29. The van der Waals surface area contributed by atoms with Crippen LogP contribution in [0.1, 0.15) is 28.3 Å². The van der Waals surface area contributed by atoms with Crippen LogP contribution in [-0.4, -0.2) is 7.11 Å². The van der Waals surface area contributed by atoms with E-state index in [1.165, 1.54) is 12.1 Å². The highest BCUT2D eigenvalue weighted by Gasteiger charge is 2.19. The number of aryl methyl sites for hydroxylation is 2. The lowest BCUT2D eigenvalue weighted by atomic mass is 9.93. The molecule has 0 aliphatic heterocycles. The molecule has 2 nitrogen and oxygen atoms in total. The second kappa shape index (κ2) is 5.81. The zero-order valence-corrected chi connectivity index (χ0v) is 12.5. The third-order valence-corrected chi connectivity index (χ3v) is 3.65. The van der Waals surface area contributed by atoms with Crippen molar-refractivity contribution in [3.8, 4) is 5.75 Å². The van der Waals surface area contributed by atoms with E-state index in [0.29, 0.717) is 10.6 Å². The lowest BCUT2D eigenvalue weighted by Gasteiger charge is -2.20. The molecule has 2 aromatic carbocycles. The van der Waals surface area contributed by atoms with Crippen molar-refractivity contribution in [1.82, 2.24) is 0 Å². The molecule has 1 atom stereocenters. The van der Waals surface area contributed by atoms with Gasteiger partial charge in [-0.3, -0.25) is 0 Å². The van der Waals surface area contributed by atoms with Gasteiger partial charge in [0, 0.05) is 10.6 Å². The predicted molar refractivity (Wildman–Crippen MR) is 79.9 cm³/mol. The van der Waals surface area contributed by atoms with E-state index in [2.05, 4.69) is 0 Å². The van der Waals surface area contributed by atoms with Gasteiger partial charge < -0.3 is 10.5 Å². The molecule has 4 heteroatoms. The Bertz CT molecular complexity index is 643. The molecule has 0 aromatic heterocycles. The fourth-order valence-corrected chi connectivity index (χ4v) is 2.70. The average Bonchev–Trinajstić information content (AvgIpc) is 2.37. The molecule has 0 saturated heterocycles. The topological polar surface area (TPSA) is 35.2 Å². The number of hydrogen-bond donors (Lipinski definition) is 1. The summed E-state index contributed by atoms with van der Waals surface area (Å²) in [6.07, 6.45) is 0. The molecule has 20 heavy (non-hydrogen) atoms. The van der Waals surface area contributed by atoms with Crippen LogP contribution in [0.25, 0.3) is 0 Å². The Hall–Kier alpha value is -1.58. The Morgan fingerprint density at radius 2 is 1.90 bits per heavy atom. The minimum absolute atomic E-state index is 0.319. The van der Waals surface area contributed by atoms with Crippen LogP contribution in [0.15, 0.2) is 30.3 Å². The Kier molecular flexibility index (Phi) is 4.31. The quantitative estimate of drug-likeness (QED) is 0.922. The first kappa shape index (κ1) is 14.8. The maximum absolute atomic E-state index is 13.1. The molecule has 2 N–H and O–H groups in total. The normalized spacial score (nSPS) is 12.3. The van der Waals surface area contributed by atoms with E-state index in [-0.39, 0.29) is 5.82 Å². The zero-order chi connectivity index (χ0) is 14.9. The van der Waals surface area contributed by atoms with Crippen LogP contribution in [0.4, 0.5) is 4.39 Å². The van der Waals surface area contributed by atoms with Crippen molar-refractivity contribution in [3.05, 3.63) is 63.4 Å². The van der Waals surface area contributed by atoms with E-state index in [4.69, 9.17) is 22.1 Å². The number of ether oxygens (including phenoxy) is 1. The molecular weight excluding hydrogens is 277 g/mol. The first-order chi connectivity index (χ1) is 9.43. The van der Waals surface area contributed by atoms with Crippen molar-refractivity contribution in [3.63, 3.8) is 0 Å². The van der Waals surface area contributed by atoms with E-state index in [9.17, 15) is 4.39 Å². The minimum atomic E-state index is -0.460. The molecule has 0 radical (unpaired) electrons. The van der Waals surface area contributed by atoms with Crippen LogP contribution in [0.2, 0.25) is 5.02 Å². The molecule has 0 heterocycles. The number of hydrogen-bond acceptors (Lipinski definition) is 2. The largest absolute Gasteiger partial charge is 0.496 e. The molecule has 0 bridgehead atoms. The summed E-state index contributed by atoms with van der Waals surface area (Å²) in [5.74, 6) is 0.342. The molecule has 0 amide bonds. The van der Waals surface area contributed by atoms with Crippen LogP contribution in [0.5, 0.6) is 5.75 Å². The van der Waals surface area contributed by atoms with Crippen molar-refractivity contribution >= 4 is 11.6 Å². The van der Waals surface area contributed by atoms with Crippen LogP contribution in [0.3, 0.4) is 0 Å². The zero-order valence-electron chi connectivity index (χ0n) is 11.7. The van der Waals surface area contributed by atoms with Crippen LogP contribution in [-0.2, 0) is 0 Å². The van der Waals surface area contributed by atoms with Gasteiger partial charge in [0.2, 0.25) is 0 Å². The summed E-state index contributed by atoms with van der Waals surface area (Å²) in [6, 6.07) is 7.75. The molecule has 1 unspecified atom stereocenters. The molecule has 2 rings (SSSR count). The van der Waals surface area contributed by atoms with Gasteiger partial charge in [0.25, 0.3) is 0 Å². The Morgan fingerprint density at radius 1 is 1.20 bits per heavy atom. The van der Waals surface area contributed by atoms with Gasteiger partial charge in [-0.15, -0.1) is 0 Å². The maximum Gasteiger partial charge on any atom is 0.124 e. The second-order valence-corrected chi connectivity index (χ2v) is 5.25. The highest BCUT2D eigenvalue weighted by Crippen LogP contribution is 2.35. The Balaban J connectivity index is 2.55. The summed E-state index contributed by atoms with van der Waals surface area (Å²) >= 11 is 6.09. The smallest absolute Gasteiger partial charge is 0.124 e. The van der Waals surface area contributed by atoms with E-state index < -0.39 is 6.04 Å². The fourth-order valence-electron chi connectivity index (χ4n) is 2.42. The number of rotatable bonds is 3. The molecule has 0 saturated carbocycles.